The highest BCUT2D eigenvalue weighted by atomic mass is 35.5. The molecule has 0 amide bonds. The molecule has 0 heterocycles. The summed E-state index contributed by atoms with van der Waals surface area (Å²) in [6.07, 6.45) is 1.41. The number of Topliss-reactive ketones (excluding diaryl/α,β-unsaturated/α-hetero) is 1. The molecule has 0 N–H and O–H groups in total. The van der Waals surface area contributed by atoms with E-state index < -0.39 is 0 Å². The van der Waals surface area contributed by atoms with Crippen LogP contribution in [0.5, 0.6) is 5.75 Å². The second-order valence-electron chi connectivity index (χ2n) is 5.06. The van der Waals surface area contributed by atoms with Crippen molar-refractivity contribution in [3.63, 3.8) is 0 Å². The zero-order valence-electron chi connectivity index (χ0n) is 11.0. The van der Waals surface area contributed by atoms with E-state index >= 15 is 0 Å². The van der Waals surface area contributed by atoms with Gasteiger partial charge in [-0.05, 0) is 44.1 Å². The molecule has 0 fully saturated rings. The Morgan fingerprint density at radius 3 is 2.72 bits per heavy atom. The van der Waals surface area contributed by atoms with Crippen LogP contribution in [0.4, 0.5) is 0 Å². The van der Waals surface area contributed by atoms with E-state index in [1.807, 2.05) is 20.2 Å². The third kappa shape index (κ3) is 2.52. The number of hydrogen-bond acceptors (Lipinski definition) is 3. The largest absolute Gasteiger partial charge is 0.496 e. The van der Waals surface area contributed by atoms with Gasteiger partial charge in [0.2, 0.25) is 0 Å². The van der Waals surface area contributed by atoms with Gasteiger partial charge >= 0.3 is 0 Å². The number of fused-ring (bicyclic) bond motifs is 1. The zero-order valence-corrected chi connectivity index (χ0v) is 11.8. The van der Waals surface area contributed by atoms with Crippen molar-refractivity contribution in [1.82, 2.24) is 4.90 Å². The van der Waals surface area contributed by atoms with Crippen molar-refractivity contribution >= 4 is 17.4 Å². The van der Waals surface area contributed by atoms with Gasteiger partial charge in [0.15, 0.2) is 5.78 Å². The van der Waals surface area contributed by atoms with Crippen LogP contribution >= 0.6 is 11.6 Å². The normalized spacial score (nSPS) is 18.9. The Kier molecular flexibility index (Phi) is 3.93. The SMILES string of the molecule is COc1ccc(Cl)c2c1C(=O)CC(CN(C)C)C2. The number of halogens is 1. The first-order valence-corrected chi connectivity index (χ1v) is 6.44. The molecule has 1 atom stereocenters. The van der Waals surface area contributed by atoms with Crippen molar-refractivity contribution in [1.29, 1.82) is 0 Å². The van der Waals surface area contributed by atoms with Crippen LogP contribution in [0.1, 0.15) is 22.3 Å². The lowest BCUT2D eigenvalue weighted by atomic mass is 9.82. The van der Waals surface area contributed by atoms with E-state index in [1.54, 1.807) is 13.2 Å². The number of hydrogen-bond donors (Lipinski definition) is 0. The number of rotatable bonds is 3. The lowest BCUT2D eigenvalue weighted by Crippen LogP contribution is -2.29. The number of nitrogens with zero attached hydrogens (tertiary/aromatic N) is 1. The standard InChI is InChI=1S/C14H18ClNO2/c1-16(2)8-9-6-10-11(15)4-5-13(18-3)14(10)12(17)7-9/h4-5,9H,6-8H2,1-3H3. The van der Waals surface area contributed by atoms with Crippen LogP contribution in [0.15, 0.2) is 12.1 Å². The lowest BCUT2D eigenvalue weighted by Gasteiger charge is -2.27. The van der Waals surface area contributed by atoms with Gasteiger partial charge in [-0.25, -0.2) is 0 Å². The molecule has 1 aromatic rings. The summed E-state index contributed by atoms with van der Waals surface area (Å²) in [5.74, 6) is 1.12. The monoisotopic (exact) mass is 267 g/mol. The molecular weight excluding hydrogens is 250 g/mol. The summed E-state index contributed by atoms with van der Waals surface area (Å²) in [5.41, 5.74) is 1.62. The predicted molar refractivity (Wildman–Crippen MR) is 72.7 cm³/mol. The van der Waals surface area contributed by atoms with Gasteiger partial charge in [0.25, 0.3) is 0 Å². The van der Waals surface area contributed by atoms with E-state index in [4.69, 9.17) is 16.3 Å². The minimum absolute atomic E-state index is 0.141. The number of ether oxygens (including phenoxy) is 1. The Hall–Kier alpha value is -1.06. The average molecular weight is 268 g/mol. The number of ketones is 1. The van der Waals surface area contributed by atoms with E-state index in [2.05, 4.69) is 4.90 Å². The highest BCUT2D eigenvalue weighted by molar-refractivity contribution is 6.32. The third-order valence-electron chi connectivity index (χ3n) is 3.31. The second-order valence-corrected chi connectivity index (χ2v) is 5.47. The van der Waals surface area contributed by atoms with Crippen LogP contribution < -0.4 is 4.74 Å². The van der Waals surface area contributed by atoms with E-state index in [0.717, 1.165) is 18.5 Å². The van der Waals surface area contributed by atoms with Crippen LogP contribution in [0.25, 0.3) is 0 Å². The maximum absolute atomic E-state index is 12.3. The Morgan fingerprint density at radius 1 is 1.39 bits per heavy atom. The summed E-state index contributed by atoms with van der Waals surface area (Å²) in [6, 6.07) is 3.58. The molecule has 1 aliphatic carbocycles. The van der Waals surface area contributed by atoms with Gasteiger partial charge in [0.1, 0.15) is 5.75 Å². The van der Waals surface area contributed by atoms with Crippen molar-refractivity contribution in [2.75, 3.05) is 27.7 Å². The number of methoxy groups -OCH3 is 1. The summed E-state index contributed by atoms with van der Waals surface area (Å²) in [5, 5.41) is 0.669. The maximum Gasteiger partial charge on any atom is 0.167 e. The number of carbonyl (C=O) groups excluding carboxylic acids is 1. The van der Waals surface area contributed by atoms with Crippen molar-refractivity contribution < 1.29 is 9.53 Å². The van der Waals surface area contributed by atoms with Crippen molar-refractivity contribution in [3.8, 4) is 5.75 Å². The maximum atomic E-state index is 12.3. The van der Waals surface area contributed by atoms with Gasteiger partial charge in [-0.3, -0.25) is 4.79 Å². The van der Waals surface area contributed by atoms with E-state index in [0.29, 0.717) is 28.7 Å². The molecular formula is C14H18ClNO2. The molecule has 0 bridgehead atoms. The molecule has 2 rings (SSSR count). The molecule has 98 valence electrons. The van der Waals surface area contributed by atoms with Gasteiger partial charge in [-0.15, -0.1) is 0 Å². The van der Waals surface area contributed by atoms with Gasteiger partial charge in [0.05, 0.1) is 12.7 Å². The summed E-state index contributed by atoms with van der Waals surface area (Å²) in [4.78, 5) is 14.4. The van der Waals surface area contributed by atoms with Crippen LogP contribution in [0.3, 0.4) is 0 Å². The van der Waals surface area contributed by atoms with Crippen LogP contribution in [-0.2, 0) is 6.42 Å². The molecule has 0 saturated heterocycles. The van der Waals surface area contributed by atoms with E-state index in [-0.39, 0.29) is 5.78 Å². The van der Waals surface area contributed by atoms with Gasteiger partial charge in [0, 0.05) is 18.0 Å². The molecule has 0 radical (unpaired) electrons. The Morgan fingerprint density at radius 2 is 2.11 bits per heavy atom. The predicted octanol–water partition coefficient (Wildman–Crippen LogP) is 2.66. The highest BCUT2D eigenvalue weighted by Gasteiger charge is 2.29. The van der Waals surface area contributed by atoms with Crippen LogP contribution in [0.2, 0.25) is 5.02 Å². The van der Waals surface area contributed by atoms with Crippen molar-refractivity contribution in [2.24, 2.45) is 5.92 Å². The first kappa shape index (κ1) is 13.4. The number of carbonyl (C=O) groups is 1. The molecule has 1 unspecified atom stereocenters. The summed E-state index contributed by atoms with van der Waals surface area (Å²) < 4.78 is 5.26. The molecule has 0 aliphatic heterocycles. The van der Waals surface area contributed by atoms with E-state index in [9.17, 15) is 4.79 Å². The van der Waals surface area contributed by atoms with Crippen LogP contribution in [-0.4, -0.2) is 38.4 Å². The molecule has 1 aliphatic rings. The van der Waals surface area contributed by atoms with Crippen molar-refractivity contribution in [3.05, 3.63) is 28.3 Å². The van der Waals surface area contributed by atoms with Gasteiger partial charge in [-0.2, -0.15) is 0 Å². The van der Waals surface area contributed by atoms with Crippen molar-refractivity contribution in [2.45, 2.75) is 12.8 Å². The first-order valence-electron chi connectivity index (χ1n) is 6.06. The Balaban J connectivity index is 2.38. The zero-order chi connectivity index (χ0) is 13.3. The van der Waals surface area contributed by atoms with E-state index in [1.165, 1.54) is 0 Å². The molecule has 3 nitrogen and oxygen atoms in total. The Bertz CT molecular complexity index is 471. The molecule has 0 saturated carbocycles. The van der Waals surface area contributed by atoms with Crippen LogP contribution in [0, 0.1) is 5.92 Å². The Labute approximate surface area is 113 Å². The third-order valence-corrected chi connectivity index (χ3v) is 3.66. The molecule has 4 heteroatoms. The quantitative estimate of drug-likeness (QED) is 0.843. The van der Waals surface area contributed by atoms with Gasteiger partial charge < -0.3 is 9.64 Å². The highest BCUT2D eigenvalue weighted by Crippen LogP contribution is 2.36. The second kappa shape index (κ2) is 5.29. The summed E-state index contributed by atoms with van der Waals surface area (Å²) >= 11 is 6.22. The molecule has 1 aromatic carbocycles. The fraction of sp³-hybridized carbons (Fsp3) is 0.500. The minimum Gasteiger partial charge on any atom is -0.496 e. The molecule has 0 spiro atoms. The lowest BCUT2D eigenvalue weighted by molar-refractivity contribution is 0.0936. The fourth-order valence-electron chi connectivity index (χ4n) is 2.65. The topological polar surface area (TPSA) is 29.5 Å². The average Bonchev–Trinajstić information content (AvgIpc) is 2.29. The minimum atomic E-state index is 0.141. The fourth-order valence-corrected chi connectivity index (χ4v) is 2.88. The molecule has 0 aromatic heterocycles. The summed E-state index contributed by atoms with van der Waals surface area (Å²) in [7, 11) is 5.63. The molecule has 18 heavy (non-hydrogen) atoms. The van der Waals surface area contributed by atoms with Gasteiger partial charge in [-0.1, -0.05) is 11.6 Å². The first-order chi connectivity index (χ1) is 8.52. The number of benzene rings is 1. The smallest absolute Gasteiger partial charge is 0.167 e. The summed E-state index contributed by atoms with van der Waals surface area (Å²) in [6.45, 7) is 0.902.